The van der Waals surface area contributed by atoms with E-state index in [1.54, 1.807) is 4.68 Å². The molecule has 0 spiro atoms. The Balaban J connectivity index is 2.24. The number of rotatable bonds is 6. The second-order valence-corrected chi connectivity index (χ2v) is 4.64. The average molecular weight is 257 g/mol. The Bertz CT molecular complexity index is 413. The minimum Gasteiger partial charge on any atom is -0.370 e. The highest BCUT2D eigenvalue weighted by atomic mass is 35.5. The molecule has 0 bridgehead atoms. The van der Waals surface area contributed by atoms with Crippen molar-refractivity contribution in [3.8, 4) is 0 Å². The van der Waals surface area contributed by atoms with Gasteiger partial charge in [0.05, 0.1) is 11.2 Å². The Morgan fingerprint density at radius 2 is 2.35 bits per heavy atom. The molecule has 17 heavy (non-hydrogen) atoms. The van der Waals surface area contributed by atoms with E-state index in [9.17, 15) is 4.79 Å². The van der Waals surface area contributed by atoms with E-state index in [2.05, 4.69) is 5.10 Å². The van der Waals surface area contributed by atoms with Gasteiger partial charge in [-0.25, -0.2) is 0 Å². The molecule has 94 valence electrons. The van der Waals surface area contributed by atoms with Crippen molar-refractivity contribution in [2.24, 2.45) is 5.92 Å². The first-order valence-corrected chi connectivity index (χ1v) is 6.43. The maximum Gasteiger partial charge on any atom is 0.211 e. The molecular formula is C12H17ClN2O2. The standard InChI is InChI=1S/C12H17ClN2O2/c1-3-15-10(9(13)7-14-15)11(16)12(17-4-2)8-5-6-8/h7-8,12H,3-6H2,1-2H3. The molecule has 2 rings (SSSR count). The Kier molecular flexibility index (Phi) is 3.84. The molecule has 1 fully saturated rings. The molecule has 4 nitrogen and oxygen atoms in total. The number of Topliss-reactive ketones (excluding diaryl/α,β-unsaturated/α-hetero) is 1. The SMILES string of the molecule is CCOC(C(=O)c1c(Cl)cnn1CC)C1CC1. The Hall–Kier alpha value is -0.870. The molecule has 0 aromatic carbocycles. The summed E-state index contributed by atoms with van der Waals surface area (Å²) in [4.78, 5) is 12.4. The lowest BCUT2D eigenvalue weighted by Crippen LogP contribution is -2.29. The maximum absolute atomic E-state index is 12.4. The first kappa shape index (κ1) is 12.6. The first-order chi connectivity index (χ1) is 8.19. The highest BCUT2D eigenvalue weighted by molar-refractivity contribution is 6.33. The summed E-state index contributed by atoms with van der Waals surface area (Å²) in [6, 6.07) is 0. The van der Waals surface area contributed by atoms with Crippen LogP contribution in [0.4, 0.5) is 0 Å². The van der Waals surface area contributed by atoms with Gasteiger partial charge in [-0.3, -0.25) is 9.48 Å². The van der Waals surface area contributed by atoms with Gasteiger partial charge in [0.1, 0.15) is 11.8 Å². The average Bonchev–Trinajstić information content (AvgIpc) is 3.08. The predicted octanol–water partition coefficient (Wildman–Crippen LogP) is 2.55. The number of aryl methyl sites for hydroxylation is 1. The van der Waals surface area contributed by atoms with Gasteiger partial charge in [-0.1, -0.05) is 11.6 Å². The number of nitrogens with zero attached hydrogens (tertiary/aromatic N) is 2. The Labute approximate surface area is 106 Å². The third-order valence-corrected chi connectivity index (χ3v) is 3.26. The molecule has 1 aliphatic carbocycles. The third-order valence-electron chi connectivity index (χ3n) is 2.98. The van der Waals surface area contributed by atoms with Crippen LogP contribution in [-0.2, 0) is 11.3 Å². The van der Waals surface area contributed by atoms with Crippen molar-refractivity contribution in [3.05, 3.63) is 16.9 Å². The predicted molar refractivity (Wildman–Crippen MR) is 65.4 cm³/mol. The van der Waals surface area contributed by atoms with Gasteiger partial charge in [0.25, 0.3) is 0 Å². The number of hydrogen-bond acceptors (Lipinski definition) is 3. The van der Waals surface area contributed by atoms with E-state index in [0.717, 1.165) is 12.8 Å². The number of aromatic nitrogens is 2. The van der Waals surface area contributed by atoms with Gasteiger partial charge < -0.3 is 4.74 Å². The van der Waals surface area contributed by atoms with Gasteiger partial charge in [-0.2, -0.15) is 5.10 Å². The third kappa shape index (κ3) is 2.53. The zero-order valence-electron chi connectivity index (χ0n) is 10.1. The van der Waals surface area contributed by atoms with Crippen LogP contribution < -0.4 is 0 Å². The molecule has 1 unspecified atom stereocenters. The maximum atomic E-state index is 12.4. The molecule has 1 aliphatic rings. The summed E-state index contributed by atoms with van der Waals surface area (Å²) in [6.07, 6.45) is 3.30. The number of ketones is 1. The van der Waals surface area contributed by atoms with Crippen LogP contribution in [0, 0.1) is 5.92 Å². The molecule has 1 heterocycles. The van der Waals surface area contributed by atoms with E-state index in [1.807, 2.05) is 13.8 Å². The van der Waals surface area contributed by atoms with Crippen LogP contribution in [0.25, 0.3) is 0 Å². The quantitative estimate of drug-likeness (QED) is 0.735. The molecule has 5 heteroatoms. The zero-order valence-corrected chi connectivity index (χ0v) is 10.9. The molecule has 0 amide bonds. The monoisotopic (exact) mass is 256 g/mol. The van der Waals surface area contributed by atoms with Gasteiger partial charge in [0, 0.05) is 13.2 Å². The van der Waals surface area contributed by atoms with E-state index < -0.39 is 0 Å². The zero-order chi connectivity index (χ0) is 12.4. The second-order valence-electron chi connectivity index (χ2n) is 4.23. The van der Waals surface area contributed by atoms with Gasteiger partial charge >= 0.3 is 0 Å². The molecule has 0 saturated heterocycles. The highest BCUT2D eigenvalue weighted by Gasteiger charge is 2.39. The van der Waals surface area contributed by atoms with E-state index in [4.69, 9.17) is 16.3 Å². The van der Waals surface area contributed by atoms with Crippen LogP contribution in [0.2, 0.25) is 5.02 Å². The van der Waals surface area contributed by atoms with Crippen LogP contribution in [-0.4, -0.2) is 28.3 Å². The van der Waals surface area contributed by atoms with E-state index >= 15 is 0 Å². The van der Waals surface area contributed by atoms with Crippen molar-refractivity contribution in [2.45, 2.75) is 39.3 Å². The minimum absolute atomic E-state index is 0.0290. The first-order valence-electron chi connectivity index (χ1n) is 6.06. The van der Waals surface area contributed by atoms with Crippen molar-refractivity contribution in [2.75, 3.05) is 6.61 Å². The molecule has 1 aromatic rings. The Morgan fingerprint density at radius 3 is 2.88 bits per heavy atom. The fraction of sp³-hybridized carbons (Fsp3) is 0.667. The van der Waals surface area contributed by atoms with E-state index in [1.165, 1.54) is 6.20 Å². The van der Waals surface area contributed by atoms with Crippen molar-refractivity contribution in [1.29, 1.82) is 0 Å². The number of halogens is 1. The number of carbonyl (C=O) groups is 1. The molecule has 1 saturated carbocycles. The summed E-state index contributed by atoms with van der Waals surface area (Å²) in [6.45, 7) is 5.02. The fourth-order valence-corrected chi connectivity index (χ4v) is 2.22. The van der Waals surface area contributed by atoms with Crippen molar-refractivity contribution in [1.82, 2.24) is 9.78 Å². The summed E-state index contributed by atoms with van der Waals surface area (Å²) in [5.74, 6) is 0.331. The van der Waals surface area contributed by atoms with Crippen LogP contribution in [0.1, 0.15) is 37.2 Å². The van der Waals surface area contributed by atoms with E-state index in [-0.39, 0.29) is 11.9 Å². The lowest BCUT2D eigenvalue weighted by Gasteiger charge is -2.15. The molecule has 0 aliphatic heterocycles. The van der Waals surface area contributed by atoms with Gasteiger partial charge in [-0.15, -0.1) is 0 Å². The van der Waals surface area contributed by atoms with Crippen LogP contribution in [0.15, 0.2) is 6.20 Å². The van der Waals surface area contributed by atoms with Crippen LogP contribution >= 0.6 is 11.6 Å². The van der Waals surface area contributed by atoms with Crippen molar-refractivity contribution in [3.63, 3.8) is 0 Å². The molecule has 1 atom stereocenters. The lowest BCUT2D eigenvalue weighted by atomic mass is 10.1. The van der Waals surface area contributed by atoms with Crippen molar-refractivity contribution >= 4 is 17.4 Å². The van der Waals surface area contributed by atoms with E-state index in [0.29, 0.717) is 29.8 Å². The molecule has 0 radical (unpaired) electrons. The van der Waals surface area contributed by atoms with Gasteiger partial charge in [0.2, 0.25) is 5.78 Å². The summed E-state index contributed by atoms with van der Waals surface area (Å²) in [7, 11) is 0. The summed E-state index contributed by atoms with van der Waals surface area (Å²) in [5, 5.41) is 4.50. The normalized spacial score (nSPS) is 17.1. The number of hydrogen-bond donors (Lipinski definition) is 0. The van der Waals surface area contributed by atoms with Crippen LogP contribution in [0.5, 0.6) is 0 Å². The molecule has 1 aromatic heterocycles. The van der Waals surface area contributed by atoms with Gasteiger partial charge in [0.15, 0.2) is 0 Å². The largest absolute Gasteiger partial charge is 0.370 e. The summed E-state index contributed by atoms with van der Waals surface area (Å²) < 4.78 is 7.19. The Morgan fingerprint density at radius 1 is 1.65 bits per heavy atom. The summed E-state index contributed by atoms with van der Waals surface area (Å²) >= 11 is 6.03. The molecule has 0 N–H and O–H groups in total. The van der Waals surface area contributed by atoms with Crippen LogP contribution in [0.3, 0.4) is 0 Å². The topological polar surface area (TPSA) is 44.1 Å². The second kappa shape index (κ2) is 5.19. The van der Waals surface area contributed by atoms with Crippen molar-refractivity contribution < 1.29 is 9.53 Å². The smallest absolute Gasteiger partial charge is 0.211 e. The lowest BCUT2D eigenvalue weighted by molar-refractivity contribution is 0.0365. The number of carbonyl (C=O) groups excluding carboxylic acids is 1. The molecular weight excluding hydrogens is 240 g/mol. The summed E-state index contributed by atoms with van der Waals surface area (Å²) in [5.41, 5.74) is 0.486. The fourth-order valence-electron chi connectivity index (χ4n) is 1.99. The minimum atomic E-state index is -0.348. The highest BCUT2D eigenvalue weighted by Crippen LogP contribution is 2.36. The number of ether oxygens (including phenoxy) is 1. The van der Waals surface area contributed by atoms with Gasteiger partial charge in [-0.05, 0) is 32.6 Å².